The van der Waals surface area contributed by atoms with E-state index in [2.05, 4.69) is 59.2 Å². The van der Waals surface area contributed by atoms with E-state index < -0.39 is 8.32 Å². The Balaban J connectivity index is 1.87. The summed E-state index contributed by atoms with van der Waals surface area (Å²) in [7, 11) is -0.294. The zero-order chi connectivity index (χ0) is 22.3. The first-order chi connectivity index (χ1) is 14.0. The largest absolute Gasteiger partial charge is 0.541 e. The predicted octanol–water partition coefficient (Wildman–Crippen LogP) is 6.60. The Hall–Kier alpha value is -1.81. The maximum Gasteiger partial charge on any atom is 0.250 e. The van der Waals surface area contributed by atoms with Crippen LogP contribution >= 0.6 is 0 Å². The molecule has 0 aromatic heterocycles. The van der Waals surface area contributed by atoms with Crippen LogP contribution in [0.25, 0.3) is 0 Å². The molecule has 0 heterocycles. The summed E-state index contributed by atoms with van der Waals surface area (Å²) in [6, 6.07) is 6.27. The molecule has 3 nitrogen and oxygen atoms in total. The van der Waals surface area contributed by atoms with Gasteiger partial charge in [-0.3, -0.25) is 4.79 Å². The standard InChI is InChI=1S/C26H38O3Si/c1-9-19-16-20(25-21(27)12-10-17(2)24(19)25)14-18-11-13-22(28-6)23(15-18)29-30(7,8)26(3,4)5/h9,11,13,15,19-20,24-25H,1-2,10,12,14,16H2,3-8H3/t19-,20-,24+,25+/m0/s1. The van der Waals surface area contributed by atoms with Crippen molar-refractivity contribution in [3.63, 3.8) is 0 Å². The van der Waals surface area contributed by atoms with Gasteiger partial charge in [0, 0.05) is 12.3 Å². The second kappa shape index (κ2) is 8.37. The molecular weight excluding hydrogens is 388 g/mol. The number of carbonyl (C=O) groups excluding carboxylic acids is 1. The summed E-state index contributed by atoms with van der Waals surface area (Å²) in [4.78, 5) is 12.8. The van der Waals surface area contributed by atoms with Gasteiger partial charge < -0.3 is 9.16 Å². The van der Waals surface area contributed by atoms with Crippen molar-refractivity contribution in [3.8, 4) is 11.5 Å². The molecule has 2 fully saturated rings. The lowest BCUT2D eigenvalue weighted by Gasteiger charge is -2.37. The molecule has 0 unspecified atom stereocenters. The van der Waals surface area contributed by atoms with Crippen molar-refractivity contribution in [2.24, 2.45) is 23.7 Å². The minimum Gasteiger partial charge on any atom is -0.541 e. The first kappa shape index (κ1) is 22.9. The van der Waals surface area contributed by atoms with E-state index in [-0.39, 0.29) is 16.9 Å². The van der Waals surface area contributed by atoms with E-state index in [0.29, 0.717) is 24.0 Å². The fourth-order valence-corrected chi connectivity index (χ4v) is 5.97. The Bertz CT molecular complexity index is 833. The molecule has 4 heteroatoms. The van der Waals surface area contributed by atoms with Gasteiger partial charge in [0.15, 0.2) is 5.75 Å². The highest BCUT2D eigenvalue weighted by Crippen LogP contribution is 2.51. The van der Waals surface area contributed by atoms with Crippen LogP contribution in [0.3, 0.4) is 0 Å². The van der Waals surface area contributed by atoms with Crippen LogP contribution in [-0.4, -0.2) is 21.2 Å². The van der Waals surface area contributed by atoms with Gasteiger partial charge in [0.05, 0.1) is 7.11 Å². The van der Waals surface area contributed by atoms with Crippen LogP contribution < -0.4 is 9.16 Å². The smallest absolute Gasteiger partial charge is 0.250 e. The maximum absolute atomic E-state index is 12.8. The molecule has 2 saturated carbocycles. The fourth-order valence-electron chi connectivity index (χ4n) is 4.95. The quantitative estimate of drug-likeness (QED) is 0.380. The Morgan fingerprint density at radius 2 is 1.87 bits per heavy atom. The molecule has 0 N–H and O–H groups in total. The molecule has 0 bridgehead atoms. The van der Waals surface area contributed by atoms with Gasteiger partial charge in [-0.15, -0.1) is 6.58 Å². The lowest BCUT2D eigenvalue weighted by atomic mass is 9.71. The number of Topliss-reactive ketones (excluding diaryl/α,β-unsaturated/α-hetero) is 1. The van der Waals surface area contributed by atoms with E-state index in [1.54, 1.807) is 7.11 Å². The van der Waals surface area contributed by atoms with Crippen molar-refractivity contribution in [3.05, 3.63) is 48.6 Å². The van der Waals surface area contributed by atoms with Gasteiger partial charge in [-0.2, -0.15) is 0 Å². The third-order valence-electron chi connectivity index (χ3n) is 7.67. The molecule has 0 radical (unpaired) electrons. The van der Waals surface area contributed by atoms with Crippen LogP contribution in [0.5, 0.6) is 11.5 Å². The van der Waals surface area contributed by atoms with E-state index in [9.17, 15) is 4.79 Å². The van der Waals surface area contributed by atoms with E-state index in [1.807, 2.05) is 12.1 Å². The highest BCUT2D eigenvalue weighted by atomic mass is 28.4. The lowest BCUT2D eigenvalue weighted by molar-refractivity contribution is -0.126. The first-order valence-corrected chi connectivity index (χ1v) is 14.1. The average molecular weight is 427 g/mol. The van der Waals surface area contributed by atoms with E-state index in [4.69, 9.17) is 9.16 Å². The van der Waals surface area contributed by atoms with Crippen LogP contribution in [0.4, 0.5) is 0 Å². The van der Waals surface area contributed by atoms with Crippen molar-refractivity contribution in [2.75, 3.05) is 7.11 Å². The molecule has 0 saturated heterocycles. The third kappa shape index (κ3) is 4.30. The molecule has 1 aromatic rings. The summed E-state index contributed by atoms with van der Waals surface area (Å²) in [5.74, 6) is 3.06. The summed E-state index contributed by atoms with van der Waals surface area (Å²) in [5.41, 5.74) is 2.45. The topological polar surface area (TPSA) is 35.5 Å². The number of fused-ring (bicyclic) bond motifs is 1. The van der Waals surface area contributed by atoms with Gasteiger partial charge in [0.2, 0.25) is 0 Å². The minimum atomic E-state index is -1.98. The summed E-state index contributed by atoms with van der Waals surface area (Å²) in [5, 5.41) is 0.110. The van der Waals surface area contributed by atoms with E-state index >= 15 is 0 Å². The van der Waals surface area contributed by atoms with Crippen LogP contribution in [0, 0.1) is 23.7 Å². The molecule has 30 heavy (non-hydrogen) atoms. The minimum absolute atomic E-state index is 0.0844. The molecular formula is C26H38O3Si. The molecule has 2 aliphatic rings. The molecule has 0 aliphatic heterocycles. The second-order valence-electron chi connectivity index (χ2n) is 10.6. The van der Waals surface area contributed by atoms with E-state index in [0.717, 1.165) is 30.8 Å². The zero-order valence-corrected chi connectivity index (χ0v) is 20.6. The van der Waals surface area contributed by atoms with E-state index in [1.165, 1.54) is 11.1 Å². The average Bonchev–Trinajstić information content (AvgIpc) is 3.03. The van der Waals surface area contributed by atoms with Crippen molar-refractivity contribution in [1.29, 1.82) is 0 Å². The SMILES string of the molecule is C=C[C@H]1C[C@H](Cc2ccc(OC)c(O[Si](C)(C)C(C)(C)C)c2)[C@@H]2C(=O)CCC(=C)[C@@H]21. The number of hydrogen-bond donors (Lipinski definition) is 0. The normalized spacial score (nSPS) is 27.0. The number of benzene rings is 1. The Morgan fingerprint density at radius 3 is 2.47 bits per heavy atom. The summed E-state index contributed by atoms with van der Waals surface area (Å²) < 4.78 is 12.2. The van der Waals surface area contributed by atoms with Crippen molar-refractivity contribution in [1.82, 2.24) is 0 Å². The Morgan fingerprint density at radius 1 is 1.17 bits per heavy atom. The predicted molar refractivity (Wildman–Crippen MR) is 127 cm³/mol. The molecule has 0 spiro atoms. The number of ether oxygens (including phenoxy) is 1. The lowest BCUT2D eigenvalue weighted by Crippen LogP contribution is -2.44. The first-order valence-electron chi connectivity index (χ1n) is 11.2. The van der Waals surface area contributed by atoms with Gasteiger partial charge >= 0.3 is 0 Å². The highest BCUT2D eigenvalue weighted by molar-refractivity contribution is 6.74. The number of methoxy groups -OCH3 is 1. The summed E-state index contributed by atoms with van der Waals surface area (Å²) in [6.07, 6.45) is 5.41. The maximum atomic E-state index is 12.8. The van der Waals surface area contributed by atoms with Crippen LogP contribution in [0.15, 0.2) is 43.0 Å². The molecule has 2 aliphatic carbocycles. The number of hydrogen-bond acceptors (Lipinski definition) is 3. The summed E-state index contributed by atoms with van der Waals surface area (Å²) >= 11 is 0. The van der Waals surface area contributed by atoms with Crippen LogP contribution in [0.2, 0.25) is 18.1 Å². The highest BCUT2D eigenvalue weighted by Gasteiger charge is 2.48. The zero-order valence-electron chi connectivity index (χ0n) is 19.6. The molecule has 1 aromatic carbocycles. The van der Waals surface area contributed by atoms with Gasteiger partial charge in [-0.25, -0.2) is 0 Å². The van der Waals surface area contributed by atoms with Gasteiger partial charge in [0.25, 0.3) is 8.32 Å². The molecule has 3 rings (SSSR count). The Kier molecular flexibility index (Phi) is 6.38. The number of rotatable bonds is 6. The van der Waals surface area contributed by atoms with Crippen LogP contribution in [-0.2, 0) is 11.2 Å². The van der Waals surface area contributed by atoms with Gasteiger partial charge in [0.1, 0.15) is 11.5 Å². The Labute approximate surface area is 183 Å². The van der Waals surface area contributed by atoms with Crippen LogP contribution in [0.1, 0.15) is 45.6 Å². The monoisotopic (exact) mass is 426 g/mol. The molecule has 0 amide bonds. The van der Waals surface area contributed by atoms with Crippen molar-refractivity contribution >= 4 is 14.1 Å². The number of ketones is 1. The second-order valence-corrected chi connectivity index (χ2v) is 15.3. The van der Waals surface area contributed by atoms with Crippen molar-refractivity contribution < 1.29 is 14.0 Å². The number of carbonyl (C=O) groups is 1. The molecule has 4 atom stereocenters. The summed E-state index contributed by atoms with van der Waals surface area (Å²) in [6.45, 7) is 19.6. The molecule has 164 valence electrons. The fraction of sp³-hybridized carbons (Fsp3) is 0.577. The van der Waals surface area contributed by atoms with Crippen molar-refractivity contribution in [2.45, 2.75) is 64.6 Å². The van der Waals surface area contributed by atoms with Gasteiger partial charge in [-0.05, 0) is 72.8 Å². The number of allylic oxidation sites excluding steroid dienone is 2. The van der Waals surface area contributed by atoms with Gasteiger partial charge in [-0.1, -0.05) is 45.1 Å². The third-order valence-corrected chi connectivity index (χ3v) is 12.0.